The number of hydrogen-bond acceptors (Lipinski definition) is 1. The Bertz CT molecular complexity index is 154. The lowest BCUT2D eigenvalue weighted by Crippen LogP contribution is -1.93. The summed E-state index contributed by atoms with van der Waals surface area (Å²) in [4.78, 5) is 10.9. The standard InChI is InChI=1S/C9H14O/c1-4-6-9(10)7-8(3)5-2/h4,6H,3,5,7H2,1-2H3/b6-4+. The Morgan fingerprint density at radius 1 is 1.60 bits per heavy atom. The van der Waals surface area contributed by atoms with E-state index in [0.717, 1.165) is 12.0 Å². The van der Waals surface area contributed by atoms with Gasteiger partial charge < -0.3 is 0 Å². The van der Waals surface area contributed by atoms with Gasteiger partial charge in [-0.1, -0.05) is 25.2 Å². The van der Waals surface area contributed by atoms with Crippen molar-refractivity contribution in [2.24, 2.45) is 0 Å². The molecule has 0 amide bonds. The molecule has 0 aliphatic carbocycles. The molecule has 0 N–H and O–H groups in total. The van der Waals surface area contributed by atoms with E-state index in [1.165, 1.54) is 0 Å². The van der Waals surface area contributed by atoms with E-state index in [0.29, 0.717) is 6.42 Å². The lowest BCUT2D eigenvalue weighted by Gasteiger charge is -1.95. The number of carbonyl (C=O) groups excluding carboxylic acids is 1. The largest absolute Gasteiger partial charge is 0.295 e. The Morgan fingerprint density at radius 3 is 2.60 bits per heavy atom. The Hall–Kier alpha value is -0.850. The van der Waals surface area contributed by atoms with Gasteiger partial charge in [0.1, 0.15) is 0 Å². The van der Waals surface area contributed by atoms with Gasteiger partial charge in [0.25, 0.3) is 0 Å². The lowest BCUT2D eigenvalue weighted by atomic mass is 10.1. The fraction of sp³-hybridized carbons (Fsp3) is 0.444. The van der Waals surface area contributed by atoms with E-state index in [2.05, 4.69) is 6.58 Å². The van der Waals surface area contributed by atoms with Gasteiger partial charge in [0.15, 0.2) is 5.78 Å². The van der Waals surface area contributed by atoms with Crippen LogP contribution in [0.5, 0.6) is 0 Å². The first-order chi connectivity index (χ1) is 4.70. The average molecular weight is 138 g/mol. The summed E-state index contributed by atoms with van der Waals surface area (Å²) in [6, 6.07) is 0. The third kappa shape index (κ3) is 4.07. The zero-order valence-corrected chi connectivity index (χ0v) is 6.68. The Kier molecular flexibility index (Phi) is 4.55. The molecule has 1 nitrogen and oxygen atoms in total. The average Bonchev–Trinajstić information content (AvgIpc) is 1.88. The molecular weight excluding hydrogens is 124 g/mol. The van der Waals surface area contributed by atoms with Crippen molar-refractivity contribution in [3.63, 3.8) is 0 Å². The molecule has 0 aromatic carbocycles. The van der Waals surface area contributed by atoms with Gasteiger partial charge in [-0.2, -0.15) is 0 Å². The molecule has 0 radical (unpaired) electrons. The predicted molar refractivity (Wildman–Crippen MR) is 43.9 cm³/mol. The van der Waals surface area contributed by atoms with Crippen molar-refractivity contribution in [3.8, 4) is 0 Å². The highest BCUT2D eigenvalue weighted by molar-refractivity contribution is 5.91. The summed E-state index contributed by atoms with van der Waals surface area (Å²) in [5, 5.41) is 0. The van der Waals surface area contributed by atoms with Crippen LogP contribution in [-0.4, -0.2) is 5.78 Å². The van der Waals surface area contributed by atoms with Crippen molar-refractivity contribution in [2.45, 2.75) is 26.7 Å². The van der Waals surface area contributed by atoms with E-state index < -0.39 is 0 Å². The van der Waals surface area contributed by atoms with Gasteiger partial charge >= 0.3 is 0 Å². The molecule has 0 rings (SSSR count). The van der Waals surface area contributed by atoms with Crippen LogP contribution in [0.2, 0.25) is 0 Å². The number of allylic oxidation sites excluding steroid dienone is 3. The highest BCUT2D eigenvalue weighted by atomic mass is 16.1. The van der Waals surface area contributed by atoms with E-state index in [1.807, 2.05) is 13.8 Å². The molecular formula is C9H14O. The number of hydrogen-bond donors (Lipinski definition) is 0. The summed E-state index contributed by atoms with van der Waals surface area (Å²) in [6.45, 7) is 7.59. The molecule has 0 heterocycles. The third-order valence-electron chi connectivity index (χ3n) is 1.28. The van der Waals surface area contributed by atoms with Crippen LogP contribution in [0.1, 0.15) is 26.7 Å². The van der Waals surface area contributed by atoms with Gasteiger partial charge in [0, 0.05) is 6.42 Å². The summed E-state index contributed by atoms with van der Waals surface area (Å²) in [6.07, 6.45) is 4.73. The van der Waals surface area contributed by atoms with Gasteiger partial charge in [-0.25, -0.2) is 0 Å². The molecule has 0 saturated heterocycles. The Morgan fingerprint density at radius 2 is 2.20 bits per heavy atom. The maximum Gasteiger partial charge on any atom is 0.159 e. The maximum atomic E-state index is 10.9. The third-order valence-corrected chi connectivity index (χ3v) is 1.28. The van der Waals surface area contributed by atoms with Crippen LogP contribution < -0.4 is 0 Å². The molecule has 0 unspecified atom stereocenters. The first-order valence-electron chi connectivity index (χ1n) is 3.52. The van der Waals surface area contributed by atoms with Gasteiger partial charge in [-0.15, -0.1) is 0 Å². The molecule has 0 aliphatic rings. The minimum absolute atomic E-state index is 0.148. The topological polar surface area (TPSA) is 17.1 Å². The zero-order chi connectivity index (χ0) is 7.98. The fourth-order valence-electron chi connectivity index (χ4n) is 0.616. The summed E-state index contributed by atoms with van der Waals surface area (Å²) in [5.74, 6) is 0.148. The Labute approximate surface area is 62.4 Å². The smallest absolute Gasteiger partial charge is 0.159 e. The first-order valence-corrected chi connectivity index (χ1v) is 3.52. The molecule has 1 heteroatoms. The normalized spacial score (nSPS) is 10.2. The van der Waals surface area contributed by atoms with Gasteiger partial charge in [0.2, 0.25) is 0 Å². The SMILES string of the molecule is C=C(CC)CC(=O)/C=C/C. The molecule has 0 fully saturated rings. The van der Waals surface area contributed by atoms with Crippen LogP contribution in [0.15, 0.2) is 24.3 Å². The molecule has 0 spiro atoms. The van der Waals surface area contributed by atoms with Crippen LogP contribution in [-0.2, 0) is 4.79 Å². The van der Waals surface area contributed by atoms with E-state index >= 15 is 0 Å². The van der Waals surface area contributed by atoms with Crippen LogP contribution >= 0.6 is 0 Å². The van der Waals surface area contributed by atoms with E-state index in [4.69, 9.17) is 0 Å². The second-order valence-electron chi connectivity index (χ2n) is 2.25. The van der Waals surface area contributed by atoms with Crippen molar-refractivity contribution in [3.05, 3.63) is 24.3 Å². The summed E-state index contributed by atoms with van der Waals surface area (Å²) in [7, 11) is 0. The fourth-order valence-corrected chi connectivity index (χ4v) is 0.616. The molecule has 0 aliphatic heterocycles. The quantitative estimate of drug-likeness (QED) is 0.431. The van der Waals surface area contributed by atoms with Gasteiger partial charge in [-0.3, -0.25) is 4.79 Å². The molecule has 0 saturated carbocycles. The lowest BCUT2D eigenvalue weighted by molar-refractivity contribution is -0.114. The molecule has 0 aromatic heterocycles. The molecule has 0 bridgehead atoms. The van der Waals surface area contributed by atoms with Crippen molar-refractivity contribution < 1.29 is 4.79 Å². The monoisotopic (exact) mass is 138 g/mol. The van der Waals surface area contributed by atoms with Gasteiger partial charge in [0.05, 0.1) is 0 Å². The molecule has 0 aromatic rings. The first kappa shape index (κ1) is 9.15. The second kappa shape index (κ2) is 4.98. The second-order valence-corrected chi connectivity index (χ2v) is 2.25. The summed E-state index contributed by atoms with van der Waals surface area (Å²) in [5.41, 5.74) is 1.00. The van der Waals surface area contributed by atoms with Crippen LogP contribution in [0.3, 0.4) is 0 Å². The van der Waals surface area contributed by atoms with E-state index in [9.17, 15) is 4.79 Å². The van der Waals surface area contributed by atoms with Crippen molar-refractivity contribution in [1.82, 2.24) is 0 Å². The molecule has 0 atom stereocenters. The van der Waals surface area contributed by atoms with Crippen LogP contribution in [0.25, 0.3) is 0 Å². The summed E-state index contributed by atoms with van der Waals surface area (Å²) < 4.78 is 0. The van der Waals surface area contributed by atoms with Gasteiger partial charge in [-0.05, 0) is 19.4 Å². The van der Waals surface area contributed by atoms with E-state index in [1.54, 1.807) is 12.2 Å². The van der Waals surface area contributed by atoms with Crippen molar-refractivity contribution in [1.29, 1.82) is 0 Å². The minimum atomic E-state index is 0.148. The number of ketones is 1. The van der Waals surface area contributed by atoms with Crippen molar-refractivity contribution in [2.75, 3.05) is 0 Å². The van der Waals surface area contributed by atoms with E-state index in [-0.39, 0.29) is 5.78 Å². The Balaban J connectivity index is 3.68. The number of carbonyl (C=O) groups is 1. The van der Waals surface area contributed by atoms with Crippen LogP contribution in [0.4, 0.5) is 0 Å². The van der Waals surface area contributed by atoms with Crippen molar-refractivity contribution >= 4 is 5.78 Å². The molecule has 10 heavy (non-hydrogen) atoms. The molecule has 56 valence electrons. The zero-order valence-electron chi connectivity index (χ0n) is 6.68. The maximum absolute atomic E-state index is 10.9. The highest BCUT2D eigenvalue weighted by Gasteiger charge is 1.96. The predicted octanol–water partition coefficient (Wildman–Crippen LogP) is 2.49. The number of rotatable bonds is 4. The minimum Gasteiger partial charge on any atom is -0.295 e. The highest BCUT2D eigenvalue weighted by Crippen LogP contribution is 2.03. The van der Waals surface area contributed by atoms with Crippen LogP contribution in [0, 0.1) is 0 Å². The summed E-state index contributed by atoms with van der Waals surface area (Å²) >= 11 is 0.